The van der Waals surface area contributed by atoms with E-state index in [1.54, 1.807) is 13.2 Å². The molecule has 0 saturated heterocycles. The quantitative estimate of drug-likeness (QED) is 0.661. The highest BCUT2D eigenvalue weighted by molar-refractivity contribution is 5.84. The maximum absolute atomic E-state index is 13.4. The fourth-order valence-electron chi connectivity index (χ4n) is 3.39. The maximum atomic E-state index is 13.4. The minimum absolute atomic E-state index is 0.224. The minimum Gasteiger partial charge on any atom is -0.494 e. The smallest absolute Gasteiger partial charge is 0.159 e. The summed E-state index contributed by atoms with van der Waals surface area (Å²) in [7, 11) is 3.54. The Kier molecular flexibility index (Phi) is 5.54. The van der Waals surface area contributed by atoms with E-state index in [1.165, 1.54) is 6.07 Å². The van der Waals surface area contributed by atoms with Gasteiger partial charge >= 0.3 is 0 Å². The number of aryl methyl sites for hydroxylation is 1. The van der Waals surface area contributed by atoms with E-state index in [9.17, 15) is 4.39 Å². The van der Waals surface area contributed by atoms with E-state index in [2.05, 4.69) is 24.2 Å². The summed E-state index contributed by atoms with van der Waals surface area (Å²) in [6.07, 6.45) is 2.49. The van der Waals surface area contributed by atoms with E-state index in [1.807, 2.05) is 38.1 Å². The monoisotopic (exact) mass is 380 g/mol. The average molecular weight is 380 g/mol. The topological polar surface area (TPSA) is 34.6 Å². The van der Waals surface area contributed by atoms with Crippen molar-refractivity contribution < 1.29 is 13.9 Å². The van der Waals surface area contributed by atoms with Crippen LogP contribution in [0.4, 0.5) is 10.1 Å². The number of hydrogen-bond donors (Lipinski definition) is 0. The zero-order chi connectivity index (χ0) is 20.4. The second kappa shape index (κ2) is 7.89. The van der Waals surface area contributed by atoms with Gasteiger partial charge < -0.3 is 14.4 Å². The highest BCUT2D eigenvalue weighted by Crippen LogP contribution is 2.41. The van der Waals surface area contributed by atoms with Crippen molar-refractivity contribution in [2.45, 2.75) is 20.3 Å². The van der Waals surface area contributed by atoms with Gasteiger partial charge in [0, 0.05) is 18.9 Å². The molecule has 1 aromatic carbocycles. The van der Waals surface area contributed by atoms with Crippen LogP contribution in [0.25, 0.3) is 5.76 Å². The summed E-state index contributed by atoms with van der Waals surface area (Å²) in [6.45, 7) is 12.5. The lowest BCUT2D eigenvalue weighted by atomic mass is 9.97. The third kappa shape index (κ3) is 3.52. The number of rotatable bonds is 6. The molecular formula is C23H25FN2O2. The number of fused-ring (bicyclic) bond motifs is 1. The van der Waals surface area contributed by atoms with Gasteiger partial charge in [-0.3, -0.25) is 4.98 Å². The molecule has 3 rings (SSSR count). The molecule has 4 nitrogen and oxygen atoms in total. The molecule has 0 atom stereocenters. The summed E-state index contributed by atoms with van der Waals surface area (Å²) < 4.78 is 24.6. The number of pyridine rings is 1. The van der Waals surface area contributed by atoms with Crippen molar-refractivity contribution >= 4 is 11.4 Å². The van der Waals surface area contributed by atoms with Crippen molar-refractivity contribution in [2.24, 2.45) is 0 Å². The Morgan fingerprint density at radius 3 is 2.68 bits per heavy atom. The summed E-state index contributed by atoms with van der Waals surface area (Å²) in [5.41, 5.74) is 6.07. The SMILES string of the molecule is C=C(OCC)C1=C(OC)c2ncc(Cc3ccc(F)cc3C)cc2N(C)C1=C. The fourth-order valence-corrected chi connectivity index (χ4v) is 3.39. The van der Waals surface area contributed by atoms with E-state index >= 15 is 0 Å². The van der Waals surface area contributed by atoms with Gasteiger partial charge in [-0.2, -0.15) is 0 Å². The largest absolute Gasteiger partial charge is 0.494 e. The average Bonchev–Trinajstić information content (AvgIpc) is 2.67. The third-order valence-corrected chi connectivity index (χ3v) is 4.92. The number of likely N-dealkylation sites (N-methyl/N-ethyl adjacent to an activating group) is 1. The van der Waals surface area contributed by atoms with Crippen LogP contribution in [0.5, 0.6) is 0 Å². The standard InChI is InChI=1S/C23H25FN2O2/c1-7-28-16(4)21-15(3)26(5)20-12-17(13-25-22(20)23(21)27-6)11-18-8-9-19(24)10-14(18)2/h8-10,12-13H,3-4,7,11H2,1-2,5-6H3. The number of hydrogen-bond acceptors (Lipinski definition) is 4. The molecule has 0 amide bonds. The third-order valence-electron chi connectivity index (χ3n) is 4.92. The molecule has 0 spiro atoms. The van der Waals surface area contributed by atoms with Crippen LogP contribution in [0, 0.1) is 12.7 Å². The van der Waals surface area contributed by atoms with Crippen LogP contribution < -0.4 is 4.90 Å². The number of halogens is 1. The van der Waals surface area contributed by atoms with Crippen LogP contribution >= 0.6 is 0 Å². The Labute approximate surface area is 165 Å². The van der Waals surface area contributed by atoms with E-state index in [-0.39, 0.29) is 5.82 Å². The molecule has 5 heteroatoms. The molecule has 2 aromatic rings. The Bertz CT molecular complexity index is 979. The predicted molar refractivity (Wildman–Crippen MR) is 110 cm³/mol. The Balaban J connectivity index is 2.04. The highest BCUT2D eigenvalue weighted by atomic mass is 19.1. The van der Waals surface area contributed by atoms with Gasteiger partial charge in [-0.25, -0.2) is 4.39 Å². The number of ether oxygens (including phenoxy) is 2. The molecule has 0 unspecified atom stereocenters. The van der Waals surface area contributed by atoms with Crippen molar-refractivity contribution in [3.63, 3.8) is 0 Å². The molecule has 0 saturated carbocycles. The van der Waals surface area contributed by atoms with Gasteiger partial charge in [0.2, 0.25) is 0 Å². The van der Waals surface area contributed by atoms with Crippen LogP contribution in [-0.4, -0.2) is 25.7 Å². The van der Waals surface area contributed by atoms with Gasteiger partial charge in [-0.05, 0) is 55.2 Å². The normalized spacial score (nSPS) is 13.5. The summed E-state index contributed by atoms with van der Waals surface area (Å²) in [5, 5.41) is 0. The van der Waals surface area contributed by atoms with E-state index < -0.39 is 0 Å². The Morgan fingerprint density at radius 1 is 1.29 bits per heavy atom. The lowest BCUT2D eigenvalue weighted by molar-refractivity contribution is 0.237. The first-order valence-corrected chi connectivity index (χ1v) is 9.15. The fraction of sp³-hybridized carbons (Fsp3) is 0.261. The first kappa shape index (κ1) is 19.7. The Hall–Kier alpha value is -3.08. The highest BCUT2D eigenvalue weighted by Gasteiger charge is 2.30. The van der Waals surface area contributed by atoms with Crippen LogP contribution in [-0.2, 0) is 15.9 Å². The number of nitrogens with zero attached hydrogens (tertiary/aromatic N) is 2. The molecule has 1 aromatic heterocycles. The summed E-state index contributed by atoms with van der Waals surface area (Å²) >= 11 is 0. The molecule has 1 aliphatic heterocycles. The van der Waals surface area contributed by atoms with Gasteiger partial charge in [0.05, 0.1) is 25.0 Å². The first-order valence-electron chi connectivity index (χ1n) is 9.15. The molecule has 1 aliphatic rings. The van der Waals surface area contributed by atoms with Crippen molar-refractivity contribution in [2.75, 3.05) is 25.7 Å². The lowest BCUT2D eigenvalue weighted by Crippen LogP contribution is -2.26. The van der Waals surface area contributed by atoms with Crippen molar-refractivity contribution in [3.8, 4) is 0 Å². The molecule has 0 N–H and O–H groups in total. The number of anilines is 1. The molecule has 146 valence electrons. The zero-order valence-electron chi connectivity index (χ0n) is 16.8. The summed E-state index contributed by atoms with van der Waals surface area (Å²) in [4.78, 5) is 6.62. The maximum Gasteiger partial charge on any atom is 0.159 e. The minimum atomic E-state index is -0.224. The molecule has 2 heterocycles. The van der Waals surface area contributed by atoms with Crippen LogP contribution in [0.2, 0.25) is 0 Å². The number of methoxy groups -OCH3 is 1. The second-order valence-corrected chi connectivity index (χ2v) is 6.73. The lowest BCUT2D eigenvalue weighted by Gasteiger charge is -2.32. The van der Waals surface area contributed by atoms with Crippen LogP contribution in [0.3, 0.4) is 0 Å². The summed E-state index contributed by atoms with van der Waals surface area (Å²) in [5.74, 6) is 0.883. The van der Waals surface area contributed by atoms with Gasteiger partial charge in [-0.1, -0.05) is 19.2 Å². The molecule has 0 radical (unpaired) electrons. The van der Waals surface area contributed by atoms with Crippen LogP contribution in [0.1, 0.15) is 29.3 Å². The van der Waals surface area contributed by atoms with Gasteiger partial charge in [0.15, 0.2) is 5.76 Å². The first-order chi connectivity index (χ1) is 13.4. The van der Waals surface area contributed by atoms with E-state index in [0.717, 1.165) is 28.1 Å². The van der Waals surface area contributed by atoms with Crippen molar-refractivity contribution in [1.29, 1.82) is 0 Å². The summed E-state index contributed by atoms with van der Waals surface area (Å²) in [6, 6.07) is 6.92. The van der Waals surface area contributed by atoms with Crippen LogP contribution in [0.15, 0.2) is 60.6 Å². The van der Waals surface area contributed by atoms with Gasteiger partial charge in [0.1, 0.15) is 17.3 Å². The molecule has 28 heavy (non-hydrogen) atoms. The molecule has 0 bridgehead atoms. The van der Waals surface area contributed by atoms with E-state index in [4.69, 9.17) is 9.47 Å². The zero-order valence-corrected chi connectivity index (χ0v) is 16.8. The van der Waals surface area contributed by atoms with E-state index in [0.29, 0.717) is 35.8 Å². The second-order valence-electron chi connectivity index (χ2n) is 6.73. The number of benzene rings is 1. The molecule has 0 fully saturated rings. The molecule has 0 aliphatic carbocycles. The molecular weight excluding hydrogens is 355 g/mol. The van der Waals surface area contributed by atoms with Crippen molar-refractivity contribution in [1.82, 2.24) is 4.98 Å². The van der Waals surface area contributed by atoms with Gasteiger partial charge in [0.25, 0.3) is 0 Å². The Morgan fingerprint density at radius 2 is 2.04 bits per heavy atom. The van der Waals surface area contributed by atoms with Crippen molar-refractivity contribution in [3.05, 3.63) is 88.9 Å². The number of aromatic nitrogens is 1. The van der Waals surface area contributed by atoms with Gasteiger partial charge in [-0.15, -0.1) is 0 Å². The predicted octanol–water partition coefficient (Wildman–Crippen LogP) is 4.99.